The zero-order valence-electron chi connectivity index (χ0n) is 12.2. The minimum Gasteiger partial charge on any atom is -0.339 e. The van der Waals surface area contributed by atoms with Crippen LogP contribution in [-0.2, 0) is 4.79 Å². The molecule has 6 heteroatoms. The molecular weight excluding hydrogens is 303 g/mol. The number of likely N-dealkylation sites (tertiary alicyclic amines) is 1. The number of rotatable bonds is 4. The Morgan fingerprint density at radius 3 is 2.52 bits per heavy atom. The first-order valence-electron chi connectivity index (χ1n) is 7.88. The Morgan fingerprint density at radius 1 is 1.14 bits per heavy atom. The molecule has 1 saturated heterocycles. The van der Waals surface area contributed by atoms with Gasteiger partial charge in [0.05, 0.1) is 5.92 Å². The van der Waals surface area contributed by atoms with E-state index in [4.69, 9.17) is 11.6 Å². The number of alkyl halides is 4. The molecule has 0 aromatic rings. The number of nitrogens with zero attached hydrogens (tertiary/aromatic N) is 1. The lowest BCUT2D eigenvalue weighted by atomic mass is 9.78. The van der Waals surface area contributed by atoms with E-state index in [2.05, 4.69) is 0 Å². The molecule has 1 aliphatic heterocycles. The van der Waals surface area contributed by atoms with Gasteiger partial charge in [-0.05, 0) is 38.5 Å². The van der Waals surface area contributed by atoms with E-state index in [1.807, 2.05) is 0 Å². The number of hydrogen-bond donors (Lipinski definition) is 0. The van der Waals surface area contributed by atoms with Gasteiger partial charge in [-0.3, -0.25) is 4.79 Å². The van der Waals surface area contributed by atoms with Crippen molar-refractivity contribution in [1.29, 1.82) is 0 Å². The predicted octanol–water partition coefficient (Wildman–Crippen LogP) is 4.37. The smallest absolute Gasteiger partial charge is 0.339 e. The van der Waals surface area contributed by atoms with Crippen LogP contribution in [0.3, 0.4) is 0 Å². The molecule has 0 spiro atoms. The monoisotopic (exact) mass is 325 g/mol. The first-order chi connectivity index (χ1) is 9.95. The summed E-state index contributed by atoms with van der Waals surface area (Å²) in [5.41, 5.74) is 0. The number of carbonyl (C=O) groups excluding carboxylic acids is 1. The van der Waals surface area contributed by atoms with Gasteiger partial charge >= 0.3 is 6.18 Å². The van der Waals surface area contributed by atoms with E-state index < -0.39 is 18.0 Å². The van der Waals surface area contributed by atoms with Crippen LogP contribution in [-0.4, -0.2) is 35.4 Å². The Morgan fingerprint density at radius 2 is 1.86 bits per heavy atom. The van der Waals surface area contributed by atoms with Crippen LogP contribution in [0.4, 0.5) is 13.2 Å². The van der Waals surface area contributed by atoms with E-state index in [1.165, 1.54) is 0 Å². The van der Waals surface area contributed by atoms with Gasteiger partial charge in [0.2, 0.25) is 5.91 Å². The van der Waals surface area contributed by atoms with E-state index in [1.54, 1.807) is 4.90 Å². The summed E-state index contributed by atoms with van der Waals surface area (Å²) in [6.07, 6.45) is 0.914. The third-order valence-corrected chi connectivity index (χ3v) is 5.10. The van der Waals surface area contributed by atoms with Crippen molar-refractivity contribution in [3.05, 3.63) is 0 Å². The largest absolute Gasteiger partial charge is 0.392 e. The highest BCUT2D eigenvalue weighted by molar-refractivity contribution is 6.17. The van der Waals surface area contributed by atoms with Gasteiger partial charge < -0.3 is 4.90 Å². The zero-order chi connectivity index (χ0) is 15.5. The summed E-state index contributed by atoms with van der Waals surface area (Å²) in [4.78, 5) is 14.3. The number of amides is 1. The van der Waals surface area contributed by atoms with E-state index in [-0.39, 0.29) is 18.4 Å². The maximum atomic E-state index is 13.2. The fourth-order valence-corrected chi connectivity index (χ4v) is 3.92. The van der Waals surface area contributed by atoms with Gasteiger partial charge in [-0.2, -0.15) is 13.2 Å². The summed E-state index contributed by atoms with van der Waals surface area (Å²) in [5, 5.41) is 0. The van der Waals surface area contributed by atoms with Gasteiger partial charge in [0.1, 0.15) is 0 Å². The van der Waals surface area contributed by atoms with Crippen LogP contribution < -0.4 is 0 Å². The summed E-state index contributed by atoms with van der Waals surface area (Å²) < 4.78 is 39.5. The molecule has 0 N–H and O–H groups in total. The molecule has 1 aliphatic carbocycles. The zero-order valence-corrected chi connectivity index (χ0v) is 12.9. The second-order valence-electron chi connectivity index (χ2n) is 6.20. The molecular formula is C15H23ClF3NO. The van der Waals surface area contributed by atoms with Crippen molar-refractivity contribution in [2.24, 2.45) is 11.8 Å². The first-order valence-corrected chi connectivity index (χ1v) is 8.41. The third-order valence-electron chi connectivity index (χ3n) is 4.83. The van der Waals surface area contributed by atoms with Gasteiger partial charge in [0, 0.05) is 24.4 Å². The van der Waals surface area contributed by atoms with Crippen molar-refractivity contribution < 1.29 is 18.0 Å². The second-order valence-corrected chi connectivity index (χ2v) is 6.58. The highest BCUT2D eigenvalue weighted by atomic mass is 35.5. The Balaban J connectivity index is 2.06. The van der Waals surface area contributed by atoms with Gasteiger partial charge in [-0.25, -0.2) is 0 Å². The second kappa shape index (κ2) is 7.21. The van der Waals surface area contributed by atoms with Crippen molar-refractivity contribution in [2.45, 2.75) is 63.6 Å². The molecule has 1 heterocycles. The van der Waals surface area contributed by atoms with Crippen LogP contribution in [0, 0.1) is 11.8 Å². The lowest BCUT2D eigenvalue weighted by Crippen LogP contribution is -2.46. The van der Waals surface area contributed by atoms with Gasteiger partial charge in [0.25, 0.3) is 0 Å². The van der Waals surface area contributed by atoms with E-state index in [0.717, 1.165) is 32.1 Å². The van der Waals surface area contributed by atoms with Crippen LogP contribution in [0.15, 0.2) is 0 Å². The summed E-state index contributed by atoms with van der Waals surface area (Å²) in [6, 6.07) is 0.0899. The molecule has 1 amide bonds. The van der Waals surface area contributed by atoms with Gasteiger partial charge in [-0.15, -0.1) is 11.6 Å². The van der Waals surface area contributed by atoms with E-state index >= 15 is 0 Å². The van der Waals surface area contributed by atoms with Gasteiger partial charge in [-0.1, -0.05) is 12.8 Å². The fraction of sp³-hybridized carbons (Fsp3) is 0.933. The van der Waals surface area contributed by atoms with Crippen molar-refractivity contribution in [2.75, 3.05) is 12.4 Å². The average Bonchev–Trinajstić information content (AvgIpc) is 2.91. The Labute approximate surface area is 129 Å². The number of carbonyl (C=O) groups is 1. The molecule has 2 fully saturated rings. The third kappa shape index (κ3) is 4.05. The number of halogens is 4. The highest BCUT2D eigenvalue weighted by Gasteiger charge is 2.49. The Kier molecular flexibility index (Phi) is 5.81. The summed E-state index contributed by atoms with van der Waals surface area (Å²) in [7, 11) is 0. The molecule has 3 unspecified atom stereocenters. The van der Waals surface area contributed by atoms with Crippen LogP contribution in [0.5, 0.6) is 0 Å². The van der Waals surface area contributed by atoms with Gasteiger partial charge in [0.15, 0.2) is 0 Å². The quantitative estimate of drug-likeness (QED) is 0.703. The van der Waals surface area contributed by atoms with Crippen LogP contribution >= 0.6 is 11.6 Å². The molecule has 1 saturated carbocycles. The van der Waals surface area contributed by atoms with Crippen molar-refractivity contribution in [3.63, 3.8) is 0 Å². The highest BCUT2D eigenvalue weighted by Crippen LogP contribution is 2.43. The molecule has 0 aromatic heterocycles. The molecule has 21 heavy (non-hydrogen) atoms. The van der Waals surface area contributed by atoms with Crippen molar-refractivity contribution >= 4 is 17.5 Å². The molecule has 2 nitrogen and oxygen atoms in total. The molecule has 0 bridgehead atoms. The van der Waals surface area contributed by atoms with Crippen molar-refractivity contribution in [3.8, 4) is 0 Å². The molecule has 2 aliphatic rings. The lowest BCUT2D eigenvalue weighted by molar-refractivity contribution is -0.201. The Hall–Kier alpha value is -0.450. The minimum absolute atomic E-state index is 0.0899. The molecule has 2 rings (SSSR count). The molecule has 0 radical (unpaired) electrons. The average molecular weight is 326 g/mol. The first kappa shape index (κ1) is 16.9. The number of hydrogen-bond acceptors (Lipinski definition) is 1. The minimum atomic E-state index is -4.26. The summed E-state index contributed by atoms with van der Waals surface area (Å²) >= 11 is 5.69. The summed E-state index contributed by atoms with van der Waals surface area (Å²) in [5.74, 6) is -2.05. The van der Waals surface area contributed by atoms with Crippen molar-refractivity contribution in [1.82, 2.24) is 4.90 Å². The molecule has 3 atom stereocenters. The molecule has 122 valence electrons. The standard InChI is InChI=1S/C15H23ClF3NO/c16-9-3-5-11-6-4-10-20(11)14(21)12-7-1-2-8-13(12)15(17,18)19/h11-13H,1-10H2. The summed E-state index contributed by atoms with van der Waals surface area (Å²) in [6.45, 7) is 0.604. The predicted molar refractivity (Wildman–Crippen MR) is 76.2 cm³/mol. The maximum Gasteiger partial charge on any atom is 0.392 e. The molecule has 0 aromatic carbocycles. The normalized spacial score (nSPS) is 30.7. The maximum absolute atomic E-state index is 13.2. The van der Waals surface area contributed by atoms with Crippen LogP contribution in [0.25, 0.3) is 0 Å². The van der Waals surface area contributed by atoms with Crippen LogP contribution in [0.1, 0.15) is 51.4 Å². The fourth-order valence-electron chi connectivity index (χ4n) is 3.77. The SMILES string of the molecule is O=C(C1CCCCC1C(F)(F)F)N1CCCC1CCCCl. The topological polar surface area (TPSA) is 20.3 Å². The van der Waals surface area contributed by atoms with E-state index in [0.29, 0.717) is 25.3 Å². The van der Waals surface area contributed by atoms with Crippen LogP contribution in [0.2, 0.25) is 0 Å². The lowest BCUT2D eigenvalue weighted by Gasteiger charge is -2.36. The Bertz CT molecular complexity index is 361. The van der Waals surface area contributed by atoms with E-state index in [9.17, 15) is 18.0 Å².